The van der Waals surface area contributed by atoms with Gasteiger partial charge in [-0.15, -0.1) is 0 Å². The zero-order valence-corrected chi connectivity index (χ0v) is 12.4. The van der Waals surface area contributed by atoms with Crippen LogP contribution in [0.15, 0.2) is 18.2 Å². The summed E-state index contributed by atoms with van der Waals surface area (Å²) in [7, 11) is 0. The van der Waals surface area contributed by atoms with Gasteiger partial charge in [-0.3, -0.25) is 9.69 Å². The molecule has 4 nitrogen and oxygen atoms in total. The highest BCUT2D eigenvalue weighted by atomic mass is 16.5. The molecule has 1 fully saturated rings. The molecular weight excluding hydrogens is 254 g/mol. The molecule has 0 spiro atoms. The van der Waals surface area contributed by atoms with Crippen LogP contribution in [0.3, 0.4) is 0 Å². The van der Waals surface area contributed by atoms with Gasteiger partial charge in [-0.05, 0) is 51.9 Å². The van der Waals surface area contributed by atoms with Gasteiger partial charge < -0.3 is 9.47 Å². The number of carbonyl (C=O) groups is 1. The van der Waals surface area contributed by atoms with Gasteiger partial charge in [0.15, 0.2) is 5.78 Å². The summed E-state index contributed by atoms with van der Waals surface area (Å²) in [4.78, 5) is 14.6. The van der Waals surface area contributed by atoms with Crippen molar-refractivity contribution in [2.24, 2.45) is 0 Å². The third-order valence-corrected chi connectivity index (χ3v) is 3.43. The maximum atomic E-state index is 12.4. The van der Waals surface area contributed by atoms with Crippen molar-refractivity contribution in [2.45, 2.75) is 26.7 Å². The molecular formula is C16H23NO3. The van der Waals surface area contributed by atoms with Gasteiger partial charge in [-0.2, -0.15) is 0 Å². The van der Waals surface area contributed by atoms with Crippen LogP contribution in [0.2, 0.25) is 0 Å². The van der Waals surface area contributed by atoms with Crippen molar-refractivity contribution in [3.05, 3.63) is 23.8 Å². The smallest absolute Gasteiger partial charge is 0.180 e. The minimum Gasteiger partial charge on any atom is -0.494 e. The summed E-state index contributed by atoms with van der Waals surface area (Å²) in [6.07, 6.45) is 2.38. The van der Waals surface area contributed by atoms with Crippen molar-refractivity contribution in [3.8, 4) is 11.5 Å². The van der Waals surface area contributed by atoms with Crippen LogP contribution in [-0.2, 0) is 0 Å². The molecule has 1 aromatic carbocycles. The van der Waals surface area contributed by atoms with E-state index in [-0.39, 0.29) is 5.78 Å². The lowest BCUT2D eigenvalue weighted by Crippen LogP contribution is -2.27. The number of hydrogen-bond acceptors (Lipinski definition) is 4. The largest absolute Gasteiger partial charge is 0.494 e. The molecule has 0 atom stereocenters. The Hall–Kier alpha value is -1.55. The van der Waals surface area contributed by atoms with Gasteiger partial charge in [-0.1, -0.05) is 0 Å². The Bertz CT molecular complexity index is 453. The molecule has 1 saturated heterocycles. The van der Waals surface area contributed by atoms with Crippen LogP contribution >= 0.6 is 0 Å². The van der Waals surface area contributed by atoms with Crippen molar-refractivity contribution in [3.63, 3.8) is 0 Å². The van der Waals surface area contributed by atoms with Crippen molar-refractivity contribution in [1.29, 1.82) is 0 Å². The zero-order chi connectivity index (χ0) is 14.4. The Morgan fingerprint density at radius 3 is 2.50 bits per heavy atom. The highest BCUT2D eigenvalue weighted by Crippen LogP contribution is 2.26. The second kappa shape index (κ2) is 7.29. The van der Waals surface area contributed by atoms with Crippen LogP contribution in [0.1, 0.15) is 37.0 Å². The number of ketones is 1. The topological polar surface area (TPSA) is 38.8 Å². The van der Waals surface area contributed by atoms with E-state index in [1.54, 1.807) is 0 Å². The first-order chi connectivity index (χ1) is 9.74. The first kappa shape index (κ1) is 14.9. The van der Waals surface area contributed by atoms with Crippen molar-refractivity contribution >= 4 is 5.78 Å². The number of nitrogens with zero attached hydrogens (tertiary/aromatic N) is 1. The SMILES string of the molecule is CCOc1ccc(C(=O)CN2CCCC2)c(OCC)c1. The van der Waals surface area contributed by atoms with Gasteiger partial charge in [0, 0.05) is 6.07 Å². The first-order valence-electron chi connectivity index (χ1n) is 7.39. The van der Waals surface area contributed by atoms with E-state index in [4.69, 9.17) is 9.47 Å². The van der Waals surface area contributed by atoms with Crippen molar-refractivity contribution in [2.75, 3.05) is 32.8 Å². The molecule has 0 bridgehead atoms. The maximum Gasteiger partial charge on any atom is 0.180 e. The maximum absolute atomic E-state index is 12.4. The molecule has 20 heavy (non-hydrogen) atoms. The second-order valence-corrected chi connectivity index (χ2v) is 4.93. The second-order valence-electron chi connectivity index (χ2n) is 4.93. The molecule has 0 aliphatic carbocycles. The normalized spacial score (nSPS) is 15.3. The van der Waals surface area contributed by atoms with E-state index in [1.165, 1.54) is 12.8 Å². The minimum atomic E-state index is 0.124. The molecule has 1 heterocycles. The van der Waals surface area contributed by atoms with Crippen LogP contribution in [0.25, 0.3) is 0 Å². The monoisotopic (exact) mass is 277 g/mol. The molecule has 110 valence electrons. The lowest BCUT2D eigenvalue weighted by molar-refractivity contribution is 0.0941. The van der Waals surface area contributed by atoms with E-state index in [2.05, 4.69) is 4.90 Å². The molecule has 2 rings (SSSR count). The number of ether oxygens (including phenoxy) is 2. The van der Waals surface area contributed by atoms with Crippen molar-refractivity contribution in [1.82, 2.24) is 4.90 Å². The van der Waals surface area contributed by atoms with Crippen LogP contribution in [0, 0.1) is 0 Å². The molecule has 0 unspecified atom stereocenters. The van der Waals surface area contributed by atoms with Gasteiger partial charge in [0.25, 0.3) is 0 Å². The highest BCUT2D eigenvalue weighted by Gasteiger charge is 2.19. The first-order valence-corrected chi connectivity index (χ1v) is 7.39. The Labute approximate surface area is 120 Å². The van der Waals surface area contributed by atoms with Crippen LogP contribution in [-0.4, -0.2) is 43.5 Å². The third kappa shape index (κ3) is 3.73. The summed E-state index contributed by atoms with van der Waals surface area (Å²) in [5.74, 6) is 1.50. The van der Waals surface area contributed by atoms with Gasteiger partial charge in [0.05, 0.1) is 25.3 Å². The summed E-state index contributed by atoms with van der Waals surface area (Å²) in [6.45, 7) is 7.52. The average molecular weight is 277 g/mol. The number of Topliss-reactive ketones (excluding diaryl/α,β-unsaturated/α-hetero) is 1. The molecule has 1 aliphatic rings. The van der Waals surface area contributed by atoms with Gasteiger partial charge >= 0.3 is 0 Å². The molecule has 4 heteroatoms. The molecule has 1 aliphatic heterocycles. The average Bonchev–Trinajstić information content (AvgIpc) is 2.92. The quantitative estimate of drug-likeness (QED) is 0.718. The summed E-state index contributed by atoms with van der Waals surface area (Å²) >= 11 is 0. The van der Waals surface area contributed by atoms with Crippen molar-refractivity contribution < 1.29 is 14.3 Å². The number of hydrogen-bond donors (Lipinski definition) is 0. The number of benzene rings is 1. The predicted octanol–water partition coefficient (Wildman–Crippen LogP) is 2.76. The molecule has 0 aromatic heterocycles. The van der Waals surface area contributed by atoms with E-state index < -0.39 is 0 Å². The number of likely N-dealkylation sites (tertiary alicyclic amines) is 1. The van der Waals surface area contributed by atoms with Crippen LogP contribution in [0.5, 0.6) is 11.5 Å². The fourth-order valence-corrected chi connectivity index (χ4v) is 2.49. The van der Waals surface area contributed by atoms with E-state index in [0.717, 1.165) is 18.8 Å². The molecule has 0 saturated carbocycles. The van der Waals surface area contributed by atoms with E-state index in [0.29, 0.717) is 31.1 Å². The van der Waals surface area contributed by atoms with Gasteiger partial charge in [0.1, 0.15) is 11.5 Å². The fraction of sp³-hybridized carbons (Fsp3) is 0.562. The summed E-state index contributed by atoms with van der Waals surface area (Å²) < 4.78 is 11.0. The minimum absolute atomic E-state index is 0.124. The molecule has 1 aromatic rings. The molecule has 0 N–H and O–H groups in total. The number of rotatable bonds is 7. The zero-order valence-electron chi connectivity index (χ0n) is 12.4. The van der Waals surface area contributed by atoms with E-state index in [9.17, 15) is 4.79 Å². The standard InChI is InChI=1S/C16H23NO3/c1-3-19-13-7-8-14(16(11-13)20-4-2)15(18)12-17-9-5-6-10-17/h7-8,11H,3-6,9-10,12H2,1-2H3. The Balaban J connectivity index is 2.13. The summed E-state index contributed by atoms with van der Waals surface area (Å²) in [5, 5.41) is 0. The van der Waals surface area contributed by atoms with Crippen LogP contribution in [0.4, 0.5) is 0 Å². The molecule has 0 amide bonds. The van der Waals surface area contributed by atoms with Crippen LogP contribution < -0.4 is 9.47 Å². The third-order valence-electron chi connectivity index (χ3n) is 3.43. The summed E-state index contributed by atoms with van der Waals surface area (Å²) in [6, 6.07) is 5.46. The lowest BCUT2D eigenvalue weighted by atomic mass is 10.1. The predicted molar refractivity (Wildman–Crippen MR) is 78.8 cm³/mol. The van der Waals surface area contributed by atoms with Gasteiger partial charge in [-0.25, -0.2) is 0 Å². The molecule has 0 radical (unpaired) electrons. The Kier molecular flexibility index (Phi) is 5.41. The summed E-state index contributed by atoms with van der Waals surface area (Å²) in [5.41, 5.74) is 0.655. The lowest BCUT2D eigenvalue weighted by Gasteiger charge is -2.16. The van der Waals surface area contributed by atoms with E-state index >= 15 is 0 Å². The Morgan fingerprint density at radius 1 is 1.15 bits per heavy atom. The highest BCUT2D eigenvalue weighted by molar-refractivity contribution is 6.00. The Morgan fingerprint density at radius 2 is 1.85 bits per heavy atom. The fourth-order valence-electron chi connectivity index (χ4n) is 2.49. The van der Waals surface area contributed by atoms with Gasteiger partial charge in [0.2, 0.25) is 0 Å². The number of carbonyl (C=O) groups excluding carboxylic acids is 1. The van der Waals surface area contributed by atoms with E-state index in [1.807, 2.05) is 32.0 Å².